The van der Waals surface area contributed by atoms with Crippen molar-refractivity contribution in [2.75, 3.05) is 25.6 Å². The van der Waals surface area contributed by atoms with E-state index in [0.717, 1.165) is 71.6 Å². The number of likely N-dealkylation sites (tertiary alicyclic amines) is 1. The van der Waals surface area contributed by atoms with Gasteiger partial charge in [-0.25, -0.2) is 14.8 Å². The zero-order valence-corrected chi connectivity index (χ0v) is 31.9. The van der Waals surface area contributed by atoms with Crippen LogP contribution in [0.3, 0.4) is 0 Å². The molecule has 3 amide bonds. The monoisotopic (exact) mass is 739 g/mol. The zero-order chi connectivity index (χ0) is 38.2. The summed E-state index contributed by atoms with van der Waals surface area (Å²) in [6.45, 7) is 4.43. The van der Waals surface area contributed by atoms with Gasteiger partial charge in [0.1, 0.15) is 17.7 Å². The first kappa shape index (κ1) is 36.4. The summed E-state index contributed by atoms with van der Waals surface area (Å²) in [6.07, 6.45) is 10.8. The number of hydrogen-bond acceptors (Lipinski definition) is 7. The molecule has 2 aromatic heterocycles. The number of anilines is 1. The van der Waals surface area contributed by atoms with Crippen molar-refractivity contribution in [2.45, 2.75) is 64.5 Å². The van der Waals surface area contributed by atoms with Crippen LogP contribution in [0.15, 0.2) is 90.3 Å². The van der Waals surface area contributed by atoms with Gasteiger partial charge >= 0.3 is 6.09 Å². The van der Waals surface area contributed by atoms with Crippen molar-refractivity contribution in [1.82, 2.24) is 25.2 Å². The molecule has 2 aromatic carbocycles. The fraction of sp³-hybridized carbons (Fsp3) is 0.409. The second-order valence-electron chi connectivity index (χ2n) is 15.8. The van der Waals surface area contributed by atoms with Gasteiger partial charge in [0, 0.05) is 50.0 Å². The molecule has 2 unspecified atom stereocenters. The molecule has 0 radical (unpaired) electrons. The number of methoxy groups -OCH3 is 1. The molecule has 2 aliphatic heterocycles. The number of nitrogens with zero attached hydrogens (tertiary/aromatic N) is 5. The molecule has 2 aliphatic carbocycles. The first-order valence-corrected chi connectivity index (χ1v) is 19.6. The average Bonchev–Trinajstić information content (AvgIpc) is 4.08. The van der Waals surface area contributed by atoms with Crippen LogP contribution in [-0.4, -0.2) is 70.2 Å². The molecule has 6 atom stereocenters. The SMILES string of the molecule is COC(=O)N[C@H](C(=O)N1CCC[C@H]1c1ncc(-c2ccc(-c3ccc(C4=CN=C([C@H]5C6CCC(C6)[C@@H]5C(=O)N(C)c5ccccn5)C4)cc3)cc2)[nH]1)C(C)C. The van der Waals surface area contributed by atoms with Gasteiger partial charge in [-0.1, -0.05) is 68.4 Å². The number of amides is 3. The van der Waals surface area contributed by atoms with Crippen LogP contribution in [0.2, 0.25) is 0 Å². The van der Waals surface area contributed by atoms with Gasteiger partial charge in [-0.15, -0.1) is 0 Å². The van der Waals surface area contributed by atoms with Crippen molar-refractivity contribution >= 4 is 35.0 Å². The Kier molecular flexibility index (Phi) is 10.1. The lowest BCUT2D eigenvalue weighted by Crippen LogP contribution is -2.51. The normalized spacial score (nSPS) is 23.4. The van der Waals surface area contributed by atoms with Crippen LogP contribution in [0.5, 0.6) is 0 Å². The highest BCUT2D eigenvalue weighted by molar-refractivity contribution is 6.04. The summed E-state index contributed by atoms with van der Waals surface area (Å²) in [5.74, 6) is 2.45. The first-order chi connectivity index (χ1) is 26.7. The number of aromatic nitrogens is 3. The molecule has 4 aromatic rings. The number of aliphatic imine (C=N–C) groups is 1. The second-order valence-corrected chi connectivity index (χ2v) is 15.8. The van der Waals surface area contributed by atoms with E-state index in [2.05, 4.69) is 63.8 Å². The minimum absolute atomic E-state index is 0.0446. The van der Waals surface area contributed by atoms with Gasteiger partial charge in [-0.05, 0) is 89.8 Å². The van der Waals surface area contributed by atoms with Gasteiger partial charge in [-0.2, -0.15) is 0 Å². The van der Waals surface area contributed by atoms with E-state index in [4.69, 9.17) is 14.7 Å². The van der Waals surface area contributed by atoms with E-state index in [1.807, 2.05) is 56.4 Å². The Morgan fingerprint density at radius 3 is 2.31 bits per heavy atom. The van der Waals surface area contributed by atoms with E-state index in [1.165, 1.54) is 19.1 Å². The van der Waals surface area contributed by atoms with Gasteiger partial charge < -0.3 is 19.9 Å². The van der Waals surface area contributed by atoms with Gasteiger partial charge in [-0.3, -0.25) is 19.5 Å². The van der Waals surface area contributed by atoms with Crippen molar-refractivity contribution in [2.24, 2.45) is 34.6 Å². The van der Waals surface area contributed by atoms with Crippen LogP contribution in [0.4, 0.5) is 10.6 Å². The second kappa shape index (κ2) is 15.3. The minimum atomic E-state index is -0.674. The van der Waals surface area contributed by atoms with E-state index in [-0.39, 0.29) is 35.6 Å². The Morgan fingerprint density at radius 1 is 0.909 bits per heavy atom. The molecule has 11 heteroatoms. The van der Waals surface area contributed by atoms with E-state index in [1.54, 1.807) is 11.1 Å². The topological polar surface area (TPSA) is 133 Å². The van der Waals surface area contributed by atoms with Crippen molar-refractivity contribution in [1.29, 1.82) is 0 Å². The molecular weight excluding hydrogens is 691 g/mol. The standard InChI is InChI=1S/C44H49N7O4/c1-26(2)40(49-44(54)55-4)43(53)51-21-7-8-36(51)41-47-25-35(48-41)30-16-14-28(15-17-30)27-10-12-29(13-11-27)33-23-34(46-24-33)38-31-18-19-32(22-31)39(38)42(52)50(3)37-9-5-6-20-45-37/h5-6,9-17,20,24-26,31-32,36,38-40H,7-8,18-19,21-23H2,1-4H3,(H,47,48)(H,49,54)/t31?,32?,36-,38+,39-,40-/m0/s1. The average molecular weight is 740 g/mol. The van der Waals surface area contributed by atoms with Gasteiger partial charge in [0.05, 0.1) is 25.0 Å². The van der Waals surface area contributed by atoms with Crippen molar-refractivity contribution in [3.63, 3.8) is 0 Å². The number of nitrogens with one attached hydrogen (secondary N) is 2. The zero-order valence-electron chi connectivity index (χ0n) is 31.9. The number of pyridine rings is 1. The molecule has 11 nitrogen and oxygen atoms in total. The highest BCUT2D eigenvalue weighted by atomic mass is 16.5. The lowest BCUT2D eigenvalue weighted by molar-refractivity contribution is -0.135. The third-order valence-electron chi connectivity index (χ3n) is 12.3. The Balaban J connectivity index is 0.905. The molecule has 8 rings (SSSR count). The summed E-state index contributed by atoms with van der Waals surface area (Å²) in [6, 6.07) is 21.9. The number of hydrogen-bond donors (Lipinski definition) is 2. The van der Waals surface area contributed by atoms with Crippen molar-refractivity contribution in [3.05, 3.63) is 96.7 Å². The Labute approximate surface area is 322 Å². The minimum Gasteiger partial charge on any atom is -0.453 e. The summed E-state index contributed by atoms with van der Waals surface area (Å²) in [5.41, 5.74) is 7.62. The number of imidazole rings is 1. The number of H-pyrrole nitrogens is 1. The van der Waals surface area contributed by atoms with Crippen LogP contribution in [0.1, 0.15) is 69.8 Å². The van der Waals surface area contributed by atoms with E-state index >= 15 is 0 Å². The fourth-order valence-corrected chi connectivity index (χ4v) is 9.41. The highest BCUT2D eigenvalue weighted by Crippen LogP contribution is 2.54. The van der Waals surface area contributed by atoms with Crippen LogP contribution in [-0.2, 0) is 14.3 Å². The maximum Gasteiger partial charge on any atom is 0.407 e. The van der Waals surface area contributed by atoms with E-state index < -0.39 is 12.1 Å². The molecular formula is C44H49N7O4. The summed E-state index contributed by atoms with van der Waals surface area (Å²) < 4.78 is 4.76. The molecule has 2 bridgehead atoms. The predicted molar refractivity (Wildman–Crippen MR) is 213 cm³/mol. The number of alkyl carbamates (subject to hydrolysis) is 1. The number of allylic oxidation sites excluding steroid dienone is 1. The number of rotatable bonds is 10. The fourth-order valence-electron chi connectivity index (χ4n) is 9.41. The van der Waals surface area contributed by atoms with Crippen LogP contribution in [0.25, 0.3) is 28.0 Å². The maximum atomic E-state index is 13.9. The molecule has 4 aliphatic rings. The molecule has 0 spiro atoms. The maximum absolute atomic E-state index is 13.9. The highest BCUT2D eigenvalue weighted by Gasteiger charge is 2.53. The molecule has 3 fully saturated rings. The summed E-state index contributed by atoms with van der Waals surface area (Å²) >= 11 is 0. The van der Waals surface area contributed by atoms with E-state index in [0.29, 0.717) is 24.2 Å². The quantitative estimate of drug-likeness (QED) is 0.171. The third kappa shape index (κ3) is 7.08. The number of aromatic amines is 1. The molecule has 1 saturated heterocycles. The smallest absolute Gasteiger partial charge is 0.407 e. The molecule has 55 heavy (non-hydrogen) atoms. The Hall–Kier alpha value is -5.58. The van der Waals surface area contributed by atoms with Gasteiger partial charge in [0.25, 0.3) is 0 Å². The number of fused-ring (bicyclic) bond motifs is 2. The summed E-state index contributed by atoms with van der Waals surface area (Å²) in [4.78, 5) is 60.5. The Bertz CT molecular complexity index is 2110. The van der Waals surface area contributed by atoms with Crippen LogP contribution in [0, 0.1) is 29.6 Å². The number of carbonyl (C=O) groups is 3. The van der Waals surface area contributed by atoms with Crippen molar-refractivity contribution < 1.29 is 19.1 Å². The lowest BCUT2D eigenvalue weighted by Gasteiger charge is -2.33. The van der Waals surface area contributed by atoms with Gasteiger partial charge in [0.2, 0.25) is 11.8 Å². The van der Waals surface area contributed by atoms with Gasteiger partial charge in [0.15, 0.2) is 0 Å². The first-order valence-electron chi connectivity index (χ1n) is 19.6. The van der Waals surface area contributed by atoms with Crippen LogP contribution < -0.4 is 10.2 Å². The molecule has 284 valence electrons. The third-order valence-corrected chi connectivity index (χ3v) is 12.3. The number of ether oxygens (including phenoxy) is 1. The predicted octanol–water partition coefficient (Wildman–Crippen LogP) is 7.69. The van der Waals surface area contributed by atoms with Crippen molar-refractivity contribution in [3.8, 4) is 22.4 Å². The molecule has 4 heterocycles. The molecule has 2 saturated carbocycles. The number of benzene rings is 2. The van der Waals surface area contributed by atoms with E-state index in [9.17, 15) is 14.4 Å². The van der Waals surface area contributed by atoms with Crippen LogP contribution >= 0.6 is 0 Å². The molecule has 2 N–H and O–H groups in total. The Morgan fingerprint density at radius 2 is 1.62 bits per heavy atom. The summed E-state index contributed by atoms with van der Waals surface area (Å²) in [7, 11) is 3.15. The number of carbonyl (C=O) groups excluding carboxylic acids is 3. The largest absolute Gasteiger partial charge is 0.453 e. The summed E-state index contributed by atoms with van der Waals surface area (Å²) in [5, 5.41) is 2.71. The lowest BCUT2D eigenvalue weighted by atomic mass is 9.74.